The van der Waals surface area contributed by atoms with E-state index in [1.807, 2.05) is 37.0 Å². The van der Waals surface area contributed by atoms with Gasteiger partial charge in [-0.2, -0.15) is 0 Å². The monoisotopic (exact) mass is 278 g/mol. The summed E-state index contributed by atoms with van der Waals surface area (Å²) >= 11 is 0. The van der Waals surface area contributed by atoms with E-state index >= 15 is 0 Å². The highest BCUT2D eigenvalue weighted by Crippen LogP contribution is 2.38. The number of fused-ring (bicyclic) bond motifs is 1. The maximum absolute atomic E-state index is 11.8. The largest absolute Gasteiger partial charge is 0.465 e. The molecule has 4 nitrogen and oxygen atoms in total. The zero-order valence-corrected chi connectivity index (χ0v) is 11.9. The lowest BCUT2D eigenvalue weighted by Crippen LogP contribution is -2.04. The second-order valence-corrected chi connectivity index (χ2v) is 5.33. The smallest absolute Gasteiger partial charge is 0.341 e. The Morgan fingerprint density at radius 2 is 1.74 bits per heavy atom. The lowest BCUT2D eigenvalue weighted by atomic mass is 10.1. The van der Waals surface area contributed by atoms with Gasteiger partial charge in [0.05, 0.1) is 7.11 Å². The van der Waals surface area contributed by atoms with Crippen LogP contribution in [0.5, 0.6) is 5.75 Å². The van der Waals surface area contributed by atoms with E-state index in [0.717, 1.165) is 10.8 Å². The van der Waals surface area contributed by atoms with Gasteiger partial charge in [-0.05, 0) is 22.9 Å². The summed E-state index contributed by atoms with van der Waals surface area (Å²) in [6.07, 6.45) is 0. The molecule has 2 rings (SSSR count). The molecule has 0 bridgehead atoms. The van der Waals surface area contributed by atoms with E-state index in [0.29, 0.717) is 11.3 Å². The van der Waals surface area contributed by atoms with Crippen LogP contribution in [0.3, 0.4) is 0 Å². The molecule has 0 fully saturated rings. The Hall–Kier alpha value is -1.64. The van der Waals surface area contributed by atoms with Crippen LogP contribution in [0, 0.1) is 0 Å². The van der Waals surface area contributed by atoms with Crippen LogP contribution >= 0.6 is 8.38 Å². The fraction of sp³-hybridized carbons (Fsp3) is 0.214. The van der Waals surface area contributed by atoms with Crippen LogP contribution in [0.2, 0.25) is 0 Å². The second kappa shape index (κ2) is 6.00. The third kappa shape index (κ3) is 3.03. The molecule has 0 aliphatic carbocycles. The van der Waals surface area contributed by atoms with Crippen molar-refractivity contribution in [3.8, 4) is 5.75 Å². The molecule has 0 spiro atoms. The van der Waals surface area contributed by atoms with Crippen LogP contribution in [0.25, 0.3) is 10.8 Å². The molecule has 100 valence electrons. The average Bonchev–Trinajstić information content (AvgIpc) is 2.45. The molecule has 0 heterocycles. The van der Waals surface area contributed by atoms with Crippen LogP contribution in [0.4, 0.5) is 0 Å². The van der Waals surface area contributed by atoms with Crippen molar-refractivity contribution in [2.75, 3.05) is 20.9 Å². The van der Waals surface area contributed by atoms with Crippen molar-refractivity contribution in [3.05, 3.63) is 42.0 Å². The van der Waals surface area contributed by atoms with Gasteiger partial charge in [-0.3, -0.25) is 0 Å². The Morgan fingerprint density at radius 1 is 1.11 bits per heavy atom. The van der Waals surface area contributed by atoms with Gasteiger partial charge in [0, 0.05) is 13.8 Å². The quantitative estimate of drug-likeness (QED) is 0.633. The molecule has 2 aromatic carbocycles. The Morgan fingerprint density at radius 3 is 2.32 bits per heavy atom. The summed E-state index contributed by atoms with van der Waals surface area (Å²) in [5.74, 6) is 0.0706. The molecule has 2 aromatic rings. The van der Waals surface area contributed by atoms with Gasteiger partial charge in [-0.15, -0.1) is 0 Å². The summed E-state index contributed by atoms with van der Waals surface area (Å²) < 4.78 is 15.6. The predicted octanol–water partition coefficient (Wildman–Crippen LogP) is 3.59. The van der Waals surface area contributed by atoms with Crippen molar-refractivity contribution in [1.29, 1.82) is 0 Å². The van der Waals surface area contributed by atoms with Crippen LogP contribution < -0.4 is 4.52 Å². The van der Waals surface area contributed by atoms with Gasteiger partial charge in [0.2, 0.25) is 8.38 Å². The molecule has 1 unspecified atom stereocenters. The molecular weight excluding hydrogens is 263 g/mol. The highest BCUT2D eigenvalue weighted by Gasteiger charge is 2.16. The molecule has 0 saturated heterocycles. The maximum Gasteiger partial charge on any atom is 0.341 e. The summed E-state index contributed by atoms with van der Waals surface area (Å²) in [7, 11) is 1.86. The minimum atomic E-state index is -1.06. The molecule has 19 heavy (non-hydrogen) atoms. The zero-order valence-electron chi connectivity index (χ0n) is 11.0. The Kier molecular flexibility index (Phi) is 4.35. The number of carbonyl (C=O) groups excluding carboxylic acids is 1. The molecule has 0 radical (unpaired) electrons. The average molecular weight is 278 g/mol. The molecule has 0 amide bonds. The standard InChI is InChI=1S/C14H15O4P/c1-16-14(15)12-8-10-6-4-5-7-11(10)9-13(12)18-19(3)17-2/h4-9H,1-3H3. The number of benzene rings is 2. The van der Waals surface area contributed by atoms with E-state index < -0.39 is 14.3 Å². The van der Waals surface area contributed by atoms with Gasteiger partial charge >= 0.3 is 5.97 Å². The van der Waals surface area contributed by atoms with Gasteiger partial charge in [0.1, 0.15) is 11.3 Å². The zero-order chi connectivity index (χ0) is 13.8. The van der Waals surface area contributed by atoms with Gasteiger partial charge in [0.25, 0.3) is 0 Å². The second-order valence-electron chi connectivity index (χ2n) is 3.90. The Balaban J connectivity index is 2.53. The summed E-state index contributed by atoms with van der Waals surface area (Å²) in [5.41, 5.74) is 0.410. The summed E-state index contributed by atoms with van der Waals surface area (Å²) in [6.45, 7) is 1.82. The van der Waals surface area contributed by atoms with Crippen molar-refractivity contribution >= 4 is 25.1 Å². The fourth-order valence-electron chi connectivity index (χ4n) is 1.74. The first-order valence-electron chi connectivity index (χ1n) is 5.72. The van der Waals surface area contributed by atoms with Crippen molar-refractivity contribution in [1.82, 2.24) is 0 Å². The van der Waals surface area contributed by atoms with Gasteiger partial charge < -0.3 is 13.8 Å². The van der Waals surface area contributed by atoms with Crippen molar-refractivity contribution in [2.24, 2.45) is 0 Å². The molecule has 0 aromatic heterocycles. The molecule has 0 N–H and O–H groups in total. The third-order valence-corrected chi connectivity index (χ3v) is 3.71. The van der Waals surface area contributed by atoms with E-state index in [1.54, 1.807) is 13.2 Å². The number of hydrogen-bond acceptors (Lipinski definition) is 4. The van der Waals surface area contributed by atoms with Gasteiger partial charge in [-0.1, -0.05) is 24.3 Å². The topological polar surface area (TPSA) is 44.8 Å². The van der Waals surface area contributed by atoms with Crippen molar-refractivity contribution < 1.29 is 18.6 Å². The van der Waals surface area contributed by atoms with Crippen LogP contribution in [-0.4, -0.2) is 26.9 Å². The van der Waals surface area contributed by atoms with Crippen LogP contribution in [0.15, 0.2) is 36.4 Å². The van der Waals surface area contributed by atoms with E-state index in [2.05, 4.69) is 0 Å². The van der Waals surface area contributed by atoms with E-state index in [-0.39, 0.29) is 0 Å². The van der Waals surface area contributed by atoms with Crippen molar-refractivity contribution in [2.45, 2.75) is 0 Å². The van der Waals surface area contributed by atoms with Crippen LogP contribution in [-0.2, 0) is 9.26 Å². The third-order valence-electron chi connectivity index (χ3n) is 2.74. The molecule has 0 saturated carbocycles. The Bertz CT molecular complexity index is 597. The summed E-state index contributed by atoms with van der Waals surface area (Å²) in [4.78, 5) is 11.8. The lowest BCUT2D eigenvalue weighted by Gasteiger charge is -2.15. The fourth-order valence-corrected chi connectivity index (χ4v) is 2.24. The number of methoxy groups -OCH3 is 1. The van der Waals surface area contributed by atoms with E-state index in [1.165, 1.54) is 7.11 Å². The number of esters is 1. The number of carbonyl (C=O) groups is 1. The molecule has 0 aliphatic heterocycles. The van der Waals surface area contributed by atoms with E-state index in [9.17, 15) is 4.79 Å². The predicted molar refractivity (Wildman–Crippen MR) is 75.8 cm³/mol. The highest BCUT2D eigenvalue weighted by atomic mass is 31.2. The molecular formula is C14H15O4P. The first kappa shape index (κ1) is 13.8. The normalized spacial score (nSPS) is 12.2. The van der Waals surface area contributed by atoms with Gasteiger partial charge in [0.15, 0.2) is 0 Å². The minimum absolute atomic E-state index is 0.410. The highest BCUT2D eigenvalue weighted by molar-refractivity contribution is 7.46. The number of rotatable bonds is 4. The minimum Gasteiger partial charge on any atom is -0.465 e. The first-order valence-corrected chi connectivity index (χ1v) is 7.35. The number of ether oxygens (including phenoxy) is 1. The lowest BCUT2D eigenvalue weighted by molar-refractivity contribution is 0.0599. The summed E-state index contributed by atoms with van der Waals surface area (Å²) in [6, 6.07) is 11.4. The van der Waals surface area contributed by atoms with Gasteiger partial charge in [-0.25, -0.2) is 4.79 Å². The SMILES string of the molecule is COC(=O)c1cc2ccccc2cc1OP(C)OC. The maximum atomic E-state index is 11.8. The molecule has 0 aliphatic rings. The first-order chi connectivity index (χ1) is 9.15. The van der Waals surface area contributed by atoms with Crippen molar-refractivity contribution in [3.63, 3.8) is 0 Å². The number of hydrogen-bond donors (Lipinski definition) is 0. The van der Waals surface area contributed by atoms with E-state index in [4.69, 9.17) is 13.8 Å². The molecule has 1 atom stereocenters. The summed E-state index contributed by atoms with van der Waals surface area (Å²) in [5, 5.41) is 1.97. The molecule has 5 heteroatoms. The van der Waals surface area contributed by atoms with Crippen LogP contribution in [0.1, 0.15) is 10.4 Å². The Labute approximate surface area is 113 Å².